The predicted octanol–water partition coefficient (Wildman–Crippen LogP) is 3.15. The highest BCUT2D eigenvalue weighted by Crippen LogP contribution is 2.20. The molecule has 1 aromatic heterocycles. The van der Waals surface area contributed by atoms with Crippen molar-refractivity contribution in [2.75, 3.05) is 44.2 Å². The number of hydrogen-bond acceptors (Lipinski definition) is 5. The molecular weight excluding hydrogens is 423 g/mol. The van der Waals surface area contributed by atoms with Crippen LogP contribution in [-0.4, -0.2) is 77.2 Å². The van der Waals surface area contributed by atoms with E-state index in [0.29, 0.717) is 31.9 Å². The minimum Gasteiger partial charge on any atom is -0.353 e. The van der Waals surface area contributed by atoms with E-state index in [2.05, 4.69) is 20.4 Å². The van der Waals surface area contributed by atoms with Crippen LogP contribution in [0.3, 0.4) is 0 Å². The summed E-state index contributed by atoms with van der Waals surface area (Å²) in [6.07, 6.45) is 1.59. The smallest absolute Gasteiger partial charge is 0.318 e. The van der Waals surface area contributed by atoms with Gasteiger partial charge in [0, 0.05) is 44.3 Å². The SMILES string of the molecule is CCNC(=O)N(CC(=O)N1CCCN(c2ccc(-c3ccc(F)cc3)nn2)CC1)[C@H](C)CC. The van der Waals surface area contributed by atoms with Gasteiger partial charge in [-0.15, -0.1) is 10.2 Å². The summed E-state index contributed by atoms with van der Waals surface area (Å²) in [5.74, 6) is 0.421. The quantitative estimate of drug-likeness (QED) is 0.692. The first kappa shape index (κ1) is 24.4. The summed E-state index contributed by atoms with van der Waals surface area (Å²) in [4.78, 5) is 31.0. The zero-order chi connectivity index (χ0) is 23.8. The van der Waals surface area contributed by atoms with E-state index >= 15 is 0 Å². The molecule has 33 heavy (non-hydrogen) atoms. The van der Waals surface area contributed by atoms with Crippen LogP contribution in [-0.2, 0) is 4.79 Å². The molecule has 2 heterocycles. The third-order valence-electron chi connectivity index (χ3n) is 5.98. The number of aromatic nitrogens is 2. The number of carbonyl (C=O) groups excluding carboxylic acids is 2. The molecule has 1 aromatic carbocycles. The minimum atomic E-state index is -0.287. The molecule has 0 radical (unpaired) electrons. The molecule has 0 aliphatic carbocycles. The summed E-state index contributed by atoms with van der Waals surface area (Å²) >= 11 is 0. The normalized spacial score (nSPS) is 15.0. The number of carbonyl (C=O) groups is 2. The number of hydrogen-bond donors (Lipinski definition) is 1. The van der Waals surface area contributed by atoms with E-state index in [1.54, 1.807) is 17.0 Å². The van der Waals surface area contributed by atoms with Crippen molar-refractivity contribution >= 4 is 17.8 Å². The number of benzene rings is 1. The van der Waals surface area contributed by atoms with Crippen molar-refractivity contribution in [3.8, 4) is 11.3 Å². The van der Waals surface area contributed by atoms with E-state index in [0.717, 1.165) is 30.8 Å². The molecule has 0 saturated carbocycles. The van der Waals surface area contributed by atoms with Crippen molar-refractivity contribution in [2.45, 2.75) is 39.7 Å². The molecule has 1 saturated heterocycles. The Kier molecular flexibility index (Phi) is 8.57. The van der Waals surface area contributed by atoms with Gasteiger partial charge < -0.3 is 20.0 Å². The number of nitrogens with one attached hydrogen (secondary N) is 1. The molecule has 1 aliphatic heterocycles. The van der Waals surface area contributed by atoms with Crippen LogP contribution in [0.15, 0.2) is 36.4 Å². The molecule has 178 valence electrons. The molecule has 1 fully saturated rings. The van der Waals surface area contributed by atoms with Crippen LogP contribution >= 0.6 is 0 Å². The molecular formula is C24H33FN6O2. The van der Waals surface area contributed by atoms with Crippen molar-refractivity contribution in [2.24, 2.45) is 0 Å². The lowest BCUT2D eigenvalue weighted by Crippen LogP contribution is -2.50. The third-order valence-corrected chi connectivity index (χ3v) is 5.98. The average Bonchev–Trinajstić information content (AvgIpc) is 3.09. The maximum absolute atomic E-state index is 13.1. The Morgan fingerprint density at radius 2 is 1.82 bits per heavy atom. The fourth-order valence-electron chi connectivity index (χ4n) is 3.81. The highest BCUT2D eigenvalue weighted by molar-refractivity contribution is 5.84. The van der Waals surface area contributed by atoms with Gasteiger partial charge in [-0.2, -0.15) is 0 Å². The Bertz CT molecular complexity index is 922. The molecule has 3 amide bonds. The molecule has 1 aliphatic rings. The monoisotopic (exact) mass is 456 g/mol. The van der Waals surface area contributed by atoms with E-state index in [1.165, 1.54) is 12.1 Å². The zero-order valence-electron chi connectivity index (χ0n) is 19.6. The first-order chi connectivity index (χ1) is 15.9. The number of anilines is 1. The van der Waals surface area contributed by atoms with E-state index in [4.69, 9.17) is 0 Å². The van der Waals surface area contributed by atoms with Crippen molar-refractivity contribution in [1.82, 2.24) is 25.3 Å². The largest absolute Gasteiger partial charge is 0.353 e. The van der Waals surface area contributed by atoms with E-state index in [9.17, 15) is 14.0 Å². The van der Waals surface area contributed by atoms with Crippen LogP contribution in [0.1, 0.15) is 33.6 Å². The highest BCUT2D eigenvalue weighted by atomic mass is 19.1. The van der Waals surface area contributed by atoms with Crippen molar-refractivity contribution in [3.63, 3.8) is 0 Å². The molecule has 1 atom stereocenters. The van der Waals surface area contributed by atoms with Crippen LogP contribution in [0, 0.1) is 5.82 Å². The minimum absolute atomic E-state index is 0.0149. The average molecular weight is 457 g/mol. The lowest BCUT2D eigenvalue weighted by atomic mass is 10.1. The topological polar surface area (TPSA) is 81.7 Å². The summed E-state index contributed by atoms with van der Waals surface area (Å²) in [6.45, 7) is 9.04. The molecule has 8 nitrogen and oxygen atoms in total. The van der Waals surface area contributed by atoms with Gasteiger partial charge >= 0.3 is 6.03 Å². The van der Waals surface area contributed by atoms with Crippen molar-refractivity contribution in [1.29, 1.82) is 0 Å². The second-order valence-corrected chi connectivity index (χ2v) is 8.23. The van der Waals surface area contributed by atoms with Crippen LogP contribution in [0.5, 0.6) is 0 Å². The van der Waals surface area contributed by atoms with Gasteiger partial charge in [0.2, 0.25) is 5.91 Å². The van der Waals surface area contributed by atoms with Gasteiger partial charge in [0.1, 0.15) is 12.4 Å². The number of urea groups is 1. The van der Waals surface area contributed by atoms with Gasteiger partial charge in [0.15, 0.2) is 5.82 Å². The van der Waals surface area contributed by atoms with E-state index < -0.39 is 0 Å². The first-order valence-corrected chi connectivity index (χ1v) is 11.6. The van der Waals surface area contributed by atoms with Crippen LogP contribution in [0.2, 0.25) is 0 Å². The number of amides is 3. The summed E-state index contributed by atoms with van der Waals surface area (Å²) in [5.41, 5.74) is 1.49. The van der Waals surface area contributed by atoms with Gasteiger partial charge in [-0.25, -0.2) is 9.18 Å². The van der Waals surface area contributed by atoms with Crippen LogP contribution in [0.4, 0.5) is 15.0 Å². The Hall–Kier alpha value is -3.23. The Labute approximate surface area is 194 Å². The van der Waals surface area contributed by atoms with Crippen molar-refractivity contribution in [3.05, 3.63) is 42.2 Å². The lowest BCUT2D eigenvalue weighted by molar-refractivity contribution is -0.132. The maximum atomic E-state index is 13.1. The molecule has 0 unspecified atom stereocenters. The van der Waals surface area contributed by atoms with E-state index in [1.807, 2.05) is 37.8 Å². The lowest BCUT2D eigenvalue weighted by Gasteiger charge is -2.30. The molecule has 2 aromatic rings. The summed E-state index contributed by atoms with van der Waals surface area (Å²) < 4.78 is 13.1. The summed E-state index contributed by atoms with van der Waals surface area (Å²) in [7, 11) is 0. The van der Waals surface area contributed by atoms with Gasteiger partial charge in [0.25, 0.3) is 0 Å². The fourth-order valence-corrected chi connectivity index (χ4v) is 3.81. The standard InChI is InChI=1S/C24H33FN6O2/c1-4-18(3)31(24(33)26-5-2)17-23(32)30-14-6-13-29(15-16-30)22-12-11-21(27-28-22)19-7-9-20(25)10-8-19/h7-12,18H,4-6,13-17H2,1-3H3,(H,26,33)/t18-/m1/s1. The fraction of sp³-hybridized carbons (Fsp3) is 0.500. The number of nitrogens with zero attached hydrogens (tertiary/aromatic N) is 5. The van der Waals surface area contributed by atoms with Gasteiger partial charge in [-0.1, -0.05) is 6.92 Å². The maximum Gasteiger partial charge on any atom is 0.318 e. The molecule has 9 heteroatoms. The summed E-state index contributed by atoms with van der Waals surface area (Å²) in [5, 5.41) is 11.5. The predicted molar refractivity (Wildman–Crippen MR) is 126 cm³/mol. The Morgan fingerprint density at radius 1 is 1.06 bits per heavy atom. The second-order valence-electron chi connectivity index (χ2n) is 8.23. The molecule has 0 bridgehead atoms. The van der Waals surface area contributed by atoms with Gasteiger partial charge in [-0.05, 0) is 63.1 Å². The molecule has 1 N–H and O–H groups in total. The summed E-state index contributed by atoms with van der Waals surface area (Å²) in [6, 6.07) is 9.73. The zero-order valence-corrected chi connectivity index (χ0v) is 19.6. The first-order valence-electron chi connectivity index (χ1n) is 11.6. The molecule has 0 spiro atoms. The number of rotatable bonds is 7. The number of halogens is 1. The van der Waals surface area contributed by atoms with Crippen LogP contribution < -0.4 is 10.2 Å². The van der Waals surface area contributed by atoms with Gasteiger partial charge in [-0.3, -0.25) is 4.79 Å². The van der Waals surface area contributed by atoms with Crippen LogP contribution in [0.25, 0.3) is 11.3 Å². The molecule has 3 rings (SSSR count). The van der Waals surface area contributed by atoms with Gasteiger partial charge in [0.05, 0.1) is 5.69 Å². The second kappa shape index (κ2) is 11.6. The third kappa shape index (κ3) is 6.40. The van der Waals surface area contributed by atoms with E-state index in [-0.39, 0.29) is 30.3 Å². The Balaban J connectivity index is 1.60. The highest BCUT2D eigenvalue weighted by Gasteiger charge is 2.26. The Morgan fingerprint density at radius 3 is 2.45 bits per heavy atom. The van der Waals surface area contributed by atoms with Crippen molar-refractivity contribution < 1.29 is 14.0 Å².